The third kappa shape index (κ3) is 3.26. The lowest BCUT2D eigenvalue weighted by Crippen LogP contribution is -2.30. The van der Waals surface area contributed by atoms with Crippen LogP contribution in [-0.4, -0.2) is 20.3 Å². The number of hydrogen-bond donors (Lipinski definition) is 2. The van der Waals surface area contributed by atoms with Crippen LogP contribution in [0.5, 0.6) is 5.75 Å². The molecule has 1 aliphatic heterocycles. The molecule has 19 heavy (non-hydrogen) atoms. The molecule has 4 nitrogen and oxygen atoms in total. The number of ether oxygens (including phenoxy) is 2. The maximum atomic E-state index is 5.75. The van der Waals surface area contributed by atoms with E-state index in [-0.39, 0.29) is 6.04 Å². The van der Waals surface area contributed by atoms with Crippen molar-refractivity contribution in [1.82, 2.24) is 5.43 Å². The van der Waals surface area contributed by atoms with Gasteiger partial charge in [-0.2, -0.15) is 0 Å². The van der Waals surface area contributed by atoms with Gasteiger partial charge < -0.3 is 9.47 Å². The van der Waals surface area contributed by atoms with Gasteiger partial charge in [0.05, 0.1) is 7.11 Å². The van der Waals surface area contributed by atoms with E-state index in [1.807, 2.05) is 0 Å². The topological polar surface area (TPSA) is 56.5 Å². The van der Waals surface area contributed by atoms with Crippen molar-refractivity contribution in [3.63, 3.8) is 0 Å². The lowest BCUT2D eigenvalue weighted by atomic mass is 9.91. The molecule has 1 heterocycles. The van der Waals surface area contributed by atoms with Crippen molar-refractivity contribution in [2.75, 3.05) is 20.3 Å². The number of nitrogens with two attached hydrogens (primary N) is 1. The predicted octanol–water partition coefficient (Wildman–Crippen LogP) is 2.24. The highest BCUT2D eigenvalue weighted by molar-refractivity contribution is 5.42. The summed E-state index contributed by atoms with van der Waals surface area (Å²) in [5.74, 6) is 7.28. The second kappa shape index (κ2) is 6.37. The van der Waals surface area contributed by atoms with Gasteiger partial charge in [-0.1, -0.05) is 6.07 Å². The Morgan fingerprint density at radius 2 is 2.21 bits per heavy atom. The van der Waals surface area contributed by atoms with E-state index in [0.717, 1.165) is 37.4 Å². The number of hydrazine groups is 1. The van der Waals surface area contributed by atoms with Crippen molar-refractivity contribution in [2.45, 2.75) is 32.7 Å². The maximum Gasteiger partial charge on any atom is 0.122 e. The number of nitrogens with one attached hydrogen (secondary N) is 1. The first kappa shape index (κ1) is 14.3. The van der Waals surface area contributed by atoms with Crippen molar-refractivity contribution < 1.29 is 9.47 Å². The highest BCUT2D eigenvalue weighted by atomic mass is 16.5. The van der Waals surface area contributed by atoms with Gasteiger partial charge in [0.2, 0.25) is 0 Å². The van der Waals surface area contributed by atoms with E-state index < -0.39 is 0 Å². The van der Waals surface area contributed by atoms with Crippen LogP contribution in [0.4, 0.5) is 0 Å². The van der Waals surface area contributed by atoms with Crippen LogP contribution in [-0.2, 0) is 4.74 Å². The summed E-state index contributed by atoms with van der Waals surface area (Å²) < 4.78 is 10.8. The van der Waals surface area contributed by atoms with Crippen LogP contribution < -0.4 is 16.0 Å². The van der Waals surface area contributed by atoms with Crippen LogP contribution in [0, 0.1) is 19.8 Å². The van der Waals surface area contributed by atoms with Crippen molar-refractivity contribution in [2.24, 2.45) is 11.8 Å². The quantitative estimate of drug-likeness (QED) is 0.632. The van der Waals surface area contributed by atoms with Crippen molar-refractivity contribution in [1.29, 1.82) is 0 Å². The molecule has 0 aliphatic carbocycles. The van der Waals surface area contributed by atoms with E-state index in [2.05, 4.69) is 31.4 Å². The molecule has 0 spiro atoms. The fraction of sp³-hybridized carbons (Fsp3) is 0.600. The van der Waals surface area contributed by atoms with Gasteiger partial charge in [-0.25, -0.2) is 0 Å². The largest absolute Gasteiger partial charge is 0.496 e. The number of aryl methyl sites for hydroxylation is 2. The van der Waals surface area contributed by atoms with Crippen LogP contribution in [0.2, 0.25) is 0 Å². The van der Waals surface area contributed by atoms with Crippen LogP contribution in [0.15, 0.2) is 12.1 Å². The molecule has 4 heteroatoms. The summed E-state index contributed by atoms with van der Waals surface area (Å²) in [4.78, 5) is 0. The fourth-order valence-electron chi connectivity index (χ4n) is 2.79. The van der Waals surface area contributed by atoms with Crippen molar-refractivity contribution in [3.8, 4) is 5.75 Å². The minimum absolute atomic E-state index is 0.177. The Morgan fingerprint density at radius 1 is 1.42 bits per heavy atom. The molecular weight excluding hydrogens is 240 g/mol. The fourth-order valence-corrected chi connectivity index (χ4v) is 2.79. The summed E-state index contributed by atoms with van der Waals surface area (Å²) in [6, 6.07) is 4.44. The van der Waals surface area contributed by atoms with E-state index in [9.17, 15) is 0 Å². The molecule has 2 atom stereocenters. The molecule has 2 rings (SSSR count). The Kier molecular flexibility index (Phi) is 4.80. The number of methoxy groups -OCH3 is 1. The summed E-state index contributed by atoms with van der Waals surface area (Å²) in [5.41, 5.74) is 6.57. The molecule has 3 N–H and O–H groups in total. The monoisotopic (exact) mass is 264 g/mol. The van der Waals surface area contributed by atoms with E-state index in [0.29, 0.717) is 5.92 Å². The molecule has 106 valence electrons. The zero-order valence-electron chi connectivity index (χ0n) is 12.0. The van der Waals surface area contributed by atoms with Crippen molar-refractivity contribution in [3.05, 3.63) is 28.8 Å². The van der Waals surface area contributed by atoms with Crippen molar-refractivity contribution >= 4 is 0 Å². The summed E-state index contributed by atoms with van der Waals surface area (Å²) in [5, 5.41) is 0. The highest BCUT2D eigenvalue weighted by Crippen LogP contribution is 2.31. The van der Waals surface area contributed by atoms with E-state index in [1.54, 1.807) is 7.11 Å². The molecule has 1 aromatic rings. The van der Waals surface area contributed by atoms with Gasteiger partial charge >= 0.3 is 0 Å². The van der Waals surface area contributed by atoms with E-state index in [4.69, 9.17) is 15.3 Å². The third-order valence-electron chi connectivity index (χ3n) is 3.95. The number of hydrogen-bond acceptors (Lipinski definition) is 4. The summed E-state index contributed by atoms with van der Waals surface area (Å²) >= 11 is 0. The first-order chi connectivity index (χ1) is 9.15. The molecule has 1 saturated heterocycles. The van der Waals surface area contributed by atoms with Crippen LogP contribution in [0.3, 0.4) is 0 Å². The molecule has 0 aromatic heterocycles. The third-order valence-corrected chi connectivity index (χ3v) is 3.95. The molecule has 1 aromatic carbocycles. The van der Waals surface area contributed by atoms with Gasteiger partial charge in [-0.05, 0) is 55.4 Å². The average molecular weight is 264 g/mol. The Hall–Kier alpha value is -1.10. The molecular formula is C15H24N2O2. The normalized spacial score (nSPS) is 20.5. The smallest absolute Gasteiger partial charge is 0.122 e. The molecule has 0 radical (unpaired) electrons. The van der Waals surface area contributed by atoms with E-state index >= 15 is 0 Å². The molecule has 2 unspecified atom stereocenters. The van der Waals surface area contributed by atoms with Crippen LogP contribution in [0.1, 0.15) is 35.6 Å². The summed E-state index contributed by atoms with van der Waals surface area (Å²) in [6.07, 6.45) is 2.15. The average Bonchev–Trinajstić information content (AvgIpc) is 2.91. The second-order valence-corrected chi connectivity index (χ2v) is 5.36. The number of rotatable bonds is 5. The SMILES string of the molecule is COc1cc(C)c(C(CC2CCOC2)NN)cc1C. The lowest BCUT2D eigenvalue weighted by Gasteiger charge is -2.22. The van der Waals surface area contributed by atoms with E-state index in [1.165, 1.54) is 11.1 Å². The van der Waals surface area contributed by atoms with Gasteiger partial charge in [-0.3, -0.25) is 11.3 Å². The molecule has 0 saturated carbocycles. The Balaban J connectivity index is 2.19. The minimum Gasteiger partial charge on any atom is -0.496 e. The van der Waals surface area contributed by atoms with Gasteiger partial charge in [0.1, 0.15) is 5.75 Å². The molecule has 0 amide bonds. The summed E-state index contributed by atoms with van der Waals surface area (Å²) in [7, 11) is 1.70. The van der Waals surface area contributed by atoms with Gasteiger partial charge in [0.25, 0.3) is 0 Å². The number of benzene rings is 1. The maximum absolute atomic E-state index is 5.75. The predicted molar refractivity (Wildman–Crippen MR) is 76.1 cm³/mol. The summed E-state index contributed by atoms with van der Waals surface area (Å²) in [6.45, 7) is 5.90. The first-order valence-corrected chi connectivity index (χ1v) is 6.84. The van der Waals surface area contributed by atoms with Crippen LogP contribution in [0.25, 0.3) is 0 Å². The standard InChI is InChI=1S/C15H24N2O2/c1-10-7-15(18-3)11(2)6-13(10)14(17-16)8-12-4-5-19-9-12/h6-7,12,14,17H,4-5,8-9,16H2,1-3H3. The first-order valence-electron chi connectivity index (χ1n) is 6.84. The Labute approximate surface area is 115 Å². The molecule has 1 aliphatic rings. The molecule has 1 fully saturated rings. The minimum atomic E-state index is 0.177. The molecule has 0 bridgehead atoms. The Bertz CT molecular complexity index is 428. The van der Waals surface area contributed by atoms with Gasteiger partial charge in [-0.15, -0.1) is 0 Å². The zero-order valence-corrected chi connectivity index (χ0v) is 12.0. The lowest BCUT2D eigenvalue weighted by molar-refractivity contribution is 0.181. The van der Waals surface area contributed by atoms with Gasteiger partial charge in [0, 0.05) is 19.3 Å². The van der Waals surface area contributed by atoms with Crippen LogP contribution >= 0.6 is 0 Å². The zero-order chi connectivity index (χ0) is 13.8. The second-order valence-electron chi connectivity index (χ2n) is 5.36. The van der Waals surface area contributed by atoms with Gasteiger partial charge in [0.15, 0.2) is 0 Å². The highest BCUT2D eigenvalue weighted by Gasteiger charge is 2.22. The Morgan fingerprint density at radius 3 is 2.79 bits per heavy atom.